The lowest BCUT2D eigenvalue weighted by Crippen LogP contribution is -2.38. The fourth-order valence-corrected chi connectivity index (χ4v) is 2.83. The molecule has 1 aromatic rings. The van der Waals surface area contributed by atoms with Crippen molar-refractivity contribution in [1.82, 2.24) is 4.90 Å². The van der Waals surface area contributed by atoms with E-state index < -0.39 is 33.5 Å². The van der Waals surface area contributed by atoms with E-state index in [1.165, 1.54) is 18.2 Å². The van der Waals surface area contributed by atoms with Gasteiger partial charge < -0.3 is 8.92 Å². The van der Waals surface area contributed by atoms with Crippen molar-refractivity contribution >= 4 is 22.1 Å². The molecular formula is C16H19NO6S. The molecule has 7 nitrogen and oxygen atoms in total. The molecule has 130 valence electrons. The summed E-state index contributed by atoms with van der Waals surface area (Å²) in [6, 6.07) is 6.01. The number of amides is 2. The second-order valence-corrected chi connectivity index (χ2v) is 7.86. The summed E-state index contributed by atoms with van der Waals surface area (Å²) in [6.45, 7) is 6.71. The first kappa shape index (κ1) is 18.0. The van der Waals surface area contributed by atoms with Crippen LogP contribution in [0.2, 0.25) is 0 Å². The average molecular weight is 353 g/mol. The molecule has 0 unspecified atom stereocenters. The molecule has 2 rings (SSSR count). The zero-order valence-electron chi connectivity index (χ0n) is 13.9. The van der Waals surface area contributed by atoms with E-state index in [1.807, 2.05) is 6.92 Å². The molecule has 0 N–H and O–H groups in total. The van der Waals surface area contributed by atoms with E-state index in [9.17, 15) is 18.0 Å². The molecule has 0 radical (unpaired) electrons. The summed E-state index contributed by atoms with van der Waals surface area (Å²) in [4.78, 5) is 24.8. The van der Waals surface area contributed by atoms with Gasteiger partial charge in [0.15, 0.2) is 0 Å². The number of benzene rings is 1. The van der Waals surface area contributed by atoms with Crippen LogP contribution in [0.3, 0.4) is 0 Å². The molecule has 0 atom stereocenters. The van der Waals surface area contributed by atoms with Crippen molar-refractivity contribution in [2.45, 2.75) is 38.2 Å². The van der Waals surface area contributed by atoms with Crippen LogP contribution in [0, 0.1) is 6.92 Å². The predicted molar refractivity (Wildman–Crippen MR) is 85.5 cm³/mol. The van der Waals surface area contributed by atoms with Gasteiger partial charge in [0.2, 0.25) is 5.76 Å². The molecule has 1 heterocycles. The monoisotopic (exact) mass is 353 g/mol. The van der Waals surface area contributed by atoms with Gasteiger partial charge in [-0.2, -0.15) is 8.42 Å². The highest BCUT2D eigenvalue weighted by atomic mass is 32.2. The Labute approximate surface area is 141 Å². The quantitative estimate of drug-likeness (QED) is 0.775. The van der Waals surface area contributed by atoms with E-state index in [0.29, 0.717) is 0 Å². The second kappa shape index (κ2) is 6.27. The molecule has 0 saturated carbocycles. The van der Waals surface area contributed by atoms with Gasteiger partial charge in [-0.15, -0.1) is 0 Å². The summed E-state index contributed by atoms with van der Waals surface area (Å²) in [7, 11) is -4.15. The van der Waals surface area contributed by atoms with E-state index in [4.69, 9.17) is 8.92 Å². The normalized spacial score (nSPS) is 15.2. The molecule has 1 aliphatic heterocycles. The van der Waals surface area contributed by atoms with Crippen LogP contribution >= 0.6 is 0 Å². The van der Waals surface area contributed by atoms with Crippen LogP contribution in [0.1, 0.15) is 26.3 Å². The largest absolute Gasteiger partial charge is 0.443 e. The Kier molecular flexibility index (Phi) is 4.70. The summed E-state index contributed by atoms with van der Waals surface area (Å²) < 4.78 is 34.4. The number of hydrogen-bond acceptors (Lipinski definition) is 6. The summed E-state index contributed by atoms with van der Waals surface area (Å²) in [5.41, 5.74) is 0.121. The van der Waals surface area contributed by atoms with Crippen molar-refractivity contribution in [2.24, 2.45) is 0 Å². The fourth-order valence-electron chi connectivity index (χ4n) is 1.89. The minimum absolute atomic E-state index is 0.0717. The molecule has 1 aromatic carbocycles. The van der Waals surface area contributed by atoms with Crippen molar-refractivity contribution in [3.8, 4) is 0 Å². The molecular weight excluding hydrogens is 334 g/mol. The molecule has 1 aliphatic rings. The van der Waals surface area contributed by atoms with Gasteiger partial charge in [0.1, 0.15) is 10.5 Å². The Morgan fingerprint density at radius 3 is 2.29 bits per heavy atom. The first-order chi connectivity index (χ1) is 11.0. The summed E-state index contributed by atoms with van der Waals surface area (Å²) in [5.74, 6) is -1.26. The van der Waals surface area contributed by atoms with E-state index in [0.717, 1.165) is 10.5 Å². The molecule has 0 spiro atoms. The maximum atomic E-state index is 12.2. The van der Waals surface area contributed by atoms with E-state index in [2.05, 4.69) is 0 Å². The lowest BCUT2D eigenvalue weighted by atomic mass is 10.2. The van der Waals surface area contributed by atoms with Crippen molar-refractivity contribution in [3.63, 3.8) is 0 Å². The molecule has 8 heteroatoms. The van der Waals surface area contributed by atoms with Crippen LogP contribution in [0.25, 0.3) is 0 Å². The highest BCUT2D eigenvalue weighted by Crippen LogP contribution is 2.22. The fraction of sp³-hybridized carbons (Fsp3) is 0.375. The second-order valence-electron chi connectivity index (χ2n) is 6.31. The molecule has 0 saturated heterocycles. The SMILES string of the molecule is Cc1ccc(S(=O)(=O)OC2=CCN(C(=O)OC(C)(C)C)C2=O)cc1. The highest BCUT2D eigenvalue weighted by Gasteiger charge is 2.36. The van der Waals surface area contributed by atoms with Crippen LogP contribution in [-0.4, -0.2) is 37.5 Å². The number of hydrogen-bond donors (Lipinski definition) is 0. The van der Waals surface area contributed by atoms with Crippen LogP contribution < -0.4 is 0 Å². The van der Waals surface area contributed by atoms with Crippen molar-refractivity contribution in [2.75, 3.05) is 6.54 Å². The third-order valence-electron chi connectivity index (χ3n) is 3.04. The zero-order chi connectivity index (χ0) is 18.1. The van der Waals surface area contributed by atoms with E-state index in [-0.39, 0.29) is 11.4 Å². The Balaban J connectivity index is 2.10. The predicted octanol–water partition coefficient (Wildman–Crippen LogP) is 2.36. The molecule has 2 amide bonds. The van der Waals surface area contributed by atoms with Gasteiger partial charge >= 0.3 is 16.2 Å². The van der Waals surface area contributed by atoms with Crippen LogP contribution in [0.5, 0.6) is 0 Å². The molecule has 0 bridgehead atoms. The molecule has 0 aliphatic carbocycles. The Morgan fingerprint density at radius 1 is 1.17 bits per heavy atom. The number of aryl methyl sites for hydroxylation is 1. The van der Waals surface area contributed by atoms with Crippen molar-refractivity contribution < 1.29 is 26.9 Å². The highest BCUT2D eigenvalue weighted by molar-refractivity contribution is 7.86. The maximum Gasteiger partial charge on any atom is 0.417 e. The lowest BCUT2D eigenvalue weighted by Gasteiger charge is -2.23. The number of ether oxygens (including phenoxy) is 1. The first-order valence-corrected chi connectivity index (χ1v) is 8.66. The molecule has 0 fully saturated rings. The topological polar surface area (TPSA) is 90.0 Å². The Hall–Kier alpha value is -2.35. The minimum atomic E-state index is -4.15. The van der Waals surface area contributed by atoms with Gasteiger partial charge in [0, 0.05) is 0 Å². The number of rotatable bonds is 3. The number of imide groups is 1. The summed E-state index contributed by atoms with van der Waals surface area (Å²) >= 11 is 0. The Bertz CT molecular complexity index is 787. The number of carbonyl (C=O) groups excluding carboxylic acids is 2. The van der Waals surface area contributed by atoms with Gasteiger partial charge in [-0.25, -0.2) is 9.69 Å². The van der Waals surface area contributed by atoms with Crippen molar-refractivity contribution in [3.05, 3.63) is 41.7 Å². The van der Waals surface area contributed by atoms with Crippen LogP contribution in [0.15, 0.2) is 41.0 Å². The number of carbonyl (C=O) groups is 2. The third kappa shape index (κ3) is 4.14. The lowest BCUT2D eigenvalue weighted by molar-refractivity contribution is -0.126. The standard InChI is InChI=1S/C16H19NO6S/c1-11-5-7-12(8-6-11)24(20,21)23-13-9-10-17(14(13)18)15(19)22-16(2,3)4/h5-9H,10H2,1-4H3. The molecule has 24 heavy (non-hydrogen) atoms. The maximum absolute atomic E-state index is 12.2. The average Bonchev–Trinajstić information content (AvgIpc) is 2.78. The van der Waals surface area contributed by atoms with Gasteiger partial charge in [-0.3, -0.25) is 4.79 Å². The van der Waals surface area contributed by atoms with Crippen molar-refractivity contribution in [1.29, 1.82) is 0 Å². The summed E-state index contributed by atoms with van der Waals surface area (Å²) in [5, 5.41) is 0. The molecule has 0 aromatic heterocycles. The third-order valence-corrected chi connectivity index (χ3v) is 4.29. The van der Waals surface area contributed by atoms with Crippen LogP contribution in [-0.2, 0) is 23.8 Å². The minimum Gasteiger partial charge on any atom is -0.443 e. The Morgan fingerprint density at radius 2 is 1.75 bits per heavy atom. The van der Waals surface area contributed by atoms with Gasteiger partial charge in [-0.05, 0) is 45.9 Å². The van der Waals surface area contributed by atoms with E-state index in [1.54, 1.807) is 32.9 Å². The van der Waals surface area contributed by atoms with Gasteiger partial charge in [0.05, 0.1) is 6.54 Å². The number of nitrogens with zero attached hydrogens (tertiary/aromatic N) is 1. The van der Waals surface area contributed by atoms with Gasteiger partial charge in [-0.1, -0.05) is 17.7 Å². The summed E-state index contributed by atoms with van der Waals surface area (Å²) in [6.07, 6.45) is 0.382. The van der Waals surface area contributed by atoms with E-state index >= 15 is 0 Å². The smallest absolute Gasteiger partial charge is 0.417 e. The van der Waals surface area contributed by atoms with Crippen LogP contribution in [0.4, 0.5) is 4.79 Å². The first-order valence-electron chi connectivity index (χ1n) is 7.26. The zero-order valence-corrected chi connectivity index (χ0v) is 14.7. The van der Waals surface area contributed by atoms with Gasteiger partial charge in [0.25, 0.3) is 5.91 Å².